The molecule has 1 aromatic carbocycles. The molecule has 2 aromatic heterocycles. The van der Waals surface area contributed by atoms with Gasteiger partial charge in [0.05, 0.1) is 6.20 Å². The summed E-state index contributed by atoms with van der Waals surface area (Å²) in [6.45, 7) is 3.87. The molecule has 1 unspecified atom stereocenters. The summed E-state index contributed by atoms with van der Waals surface area (Å²) in [6.07, 6.45) is 2.90. The van der Waals surface area contributed by atoms with Crippen molar-refractivity contribution in [1.29, 1.82) is 0 Å². The number of amides is 1. The van der Waals surface area contributed by atoms with Crippen LogP contribution in [0.3, 0.4) is 0 Å². The minimum Gasteiger partial charge on any atom is -0.438 e. The summed E-state index contributed by atoms with van der Waals surface area (Å²) < 4.78 is 7.49. The molecule has 0 bridgehead atoms. The van der Waals surface area contributed by atoms with Crippen molar-refractivity contribution >= 4 is 17.0 Å². The quantitative estimate of drug-likeness (QED) is 0.786. The number of fused-ring (bicyclic) bond motifs is 1. The fourth-order valence-electron chi connectivity index (χ4n) is 2.49. The molecule has 1 amide bonds. The molecule has 0 spiro atoms. The Hall–Kier alpha value is -2.63. The van der Waals surface area contributed by atoms with Crippen molar-refractivity contribution in [3.63, 3.8) is 0 Å². The highest BCUT2D eigenvalue weighted by atomic mass is 16.3. The predicted octanol–water partition coefficient (Wildman–Crippen LogP) is 2.68. The first-order chi connectivity index (χ1) is 11.0. The zero-order valence-electron chi connectivity index (χ0n) is 13.5. The molecular weight excluding hydrogens is 292 g/mol. The lowest BCUT2D eigenvalue weighted by atomic mass is 10.1. The van der Waals surface area contributed by atoms with Gasteiger partial charge < -0.3 is 9.73 Å². The molecule has 3 rings (SSSR count). The number of hydrogen-bond donors (Lipinski definition) is 1. The normalized spacial score (nSPS) is 12.5. The lowest BCUT2D eigenvalue weighted by molar-refractivity contribution is -0.121. The van der Waals surface area contributed by atoms with Crippen LogP contribution in [0.2, 0.25) is 0 Å². The molecule has 6 heteroatoms. The molecule has 6 nitrogen and oxygen atoms in total. The summed E-state index contributed by atoms with van der Waals surface area (Å²) in [6, 6.07) is 7.31. The second kappa shape index (κ2) is 6.24. The molecule has 0 saturated carbocycles. The molecule has 120 valence electrons. The van der Waals surface area contributed by atoms with E-state index in [4.69, 9.17) is 4.42 Å². The van der Waals surface area contributed by atoms with Gasteiger partial charge in [0.25, 0.3) is 0 Å². The number of nitrogens with zero attached hydrogens (tertiary/aromatic N) is 3. The fourth-order valence-corrected chi connectivity index (χ4v) is 2.49. The maximum absolute atomic E-state index is 12.1. The van der Waals surface area contributed by atoms with Crippen LogP contribution in [0, 0.1) is 6.92 Å². The summed E-state index contributed by atoms with van der Waals surface area (Å²) in [7, 11) is 1.90. The monoisotopic (exact) mass is 312 g/mol. The van der Waals surface area contributed by atoms with Crippen molar-refractivity contribution < 1.29 is 9.21 Å². The Morgan fingerprint density at radius 2 is 2.17 bits per heavy atom. The van der Waals surface area contributed by atoms with E-state index < -0.39 is 0 Å². The third-order valence-electron chi connectivity index (χ3n) is 4.02. The first-order valence-corrected chi connectivity index (χ1v) is 7.67. The van der Waals surface area contributed by atoms with E-state index in [1.165, 1.54) is 0 Å². The standard InChI is InChI=1S/C17H20N4O2/c1-11(17-20-14-6-4-5-7-15(14)23-17)19-16(22)9-8-13-10-18-21(3)12(13)2/h4-7,10-11H,8-9H2,1-3H3,(H,19,22). The predicted molar refractivity (Wildman–Crippen MR) is 86.8 cm³/mol. The van der Waals surface area contributed by atoms with E-state index in [-0.39, 0.29) is 11.9 Å². The average molecular weight is 312 g/mol. The number of carbonyl (C=O) groups excluding carboxylic acids is 1. The van der Waals surface area contributed by atoms with Crippen LogP contribution in [0.5, 0.6) is 0 Å². The van der Waals surface area contributed by atoms with Gasteiger partial charge in [-0.1, -0.05) is 12.1 Å². The van der Waals surface area contributed by atoms with Crippen molar-refractivity contribution in [3.05, 3.63) is 47.6 Å². The topological polar surface area (TPSA) is 73.0 Å². The second-order valence-electron chi connectivity index (χ2n) is 5.69. The maximum atomic E-state index is 12.1. The molecule has 0 fully saturated rings. The maximum Gasteiger partial charge on any atom is 0.220 e. The summed E-state index contributed by atoms with van der Waals surface area (Å²) in [4.78, 5) is 16.5. The molecule has 0 aliphatic rings. The number of rotatable bonds is 5. The average Bonchev–Trinajstić information content (AvgIpc) is 3.10. The lowest BCUT2D eigenvalue weighted by Gasteiger charge is -2.10. The van der Waals surface area contributed by atoms with Gasteiger partial charge in [0, 0.05) is 19.2 Å². The van der Waals surface area contributed by atoms with Gasteiger partial charge in [0.2, 0.25) is 11.8 Å². The Morgan fingerprint density at radius 3 is 2.87 bits per heavy atom. The highest BCUT2D eigenvalue weighted by Gasteiger charge is 2.16. The highest BCUT2D eigenvalue weighted by molar-refractivity contribution is 5.77. The summed E-state index contributed by atoms with van der Waals surface area (Å²) >= 11 is 0. The fraction of sp³-hybridized carbons (Fsp3) is 0.353. The van der Waals surface area contributed by atoms with Crippen molar-refractivity contribution in [2.75, 3.05) is 0 Å². The molecule has 2 heterocycles. The Kier molecular flexibility index (Phi) is 4.14. The van der Waals surface area contributed by atoms with Gasteiger partial charge in [-0.3, -0.25) is 9.48 Å². The van der Waals surface area contributed by atoms with E-state index in [2.05, 4.69) is 15.4 Å². The number of hydrogen-bond acceptors (Lipinski definition) is 4. The highest BCUT2D eigenvalue weighted by Crippen LogP contribution is 2.19. The van der Waals surface area contributed by atoms with E-state index >= 15 is 0 Å². The first-order valence-electron chi connectivity index (χ1n) is 7.67. The minimum absolute atomic E-state index is 0.0250. The van der Waals surface area contributed by atoms with Crippen molar-refractivity contribution in [3.8, 4) is 0 Å². The molecule has 0 radical (unpaired) electrons. The molecule has 1 N–H and O–H groups in total. The van der Waals surface area contributed by atoms with E-state index in [0.717, 1.165) is 22.4 Å². The Balaban J connectivity index is 1.59. The van der Waals surface area contributed by atoms with E-state index in [1.807, 2.05) is 56.0 Å². The Labute approximate surface area is 134 Å². The van der Waals surface area contributed by atoms with Crippen LogP contribution in [0.1, 0.15) is 36.5 Å². The van der Waals surface area contributed by atoms with Gasteiger partial charge in [-0.2, -0.15) is 5.10 Å². The summed E-state index contributed by atoms with van der Waals surface area (Å²) in [5, 5.41) is 7.12. The first kappa shape index (κ1) is 15.3. The van der Waals surface area contributed by atoms with Crippen LogP contribution in [-0.2, 0) is 18.3 Å². The zero-order chi connectivity index (χ0) is 16.4. The van der Waals surface area contributed by atoms with Crippen LogP contribution in [0.25, 0.3) is 11.1 Å². The van der Waals surface area contributed by atoms with E-state index in [9.17, 15) is 4.79 Å². The number of carbonyl (C=O) groups is 1. The zero-order valence-corrected chi connectivity index (χ0v) is 13.5. The van der Waals surface area contributed by atoms with Gasteiger partial charge in [0.1, 0.15) is 11.6 Å². The summed E-state index contributed by atoms with van der Waals surface area (Å²) in [5.41, 5.74) is 3.71. The number of oxazole rings is 1. The van der Waals surface area contributed by atoms with Gasteiger partial charge in [0.15, 0.2) is 5.58 Å². The third kappa shape index (κ3) is 3.26. The van der Waals surface area contributed by atoms with Crippen molar-refractivity contribution in [1.82, 2.24) is 20.1 Å². The number of benzene rings is 1. The Bertz CT molecular complexity index is 801. The van der Waals surface area contributed by atoms with Gasteiger partial charge >= 0.3 is 0 Å². The van der Waals surface area contributed by atoms with Crippen LogP contribution in [-0.4, -0.2) is 20.7 Å². The van der Waals surface area contributed by atoms with Gasteiger partial charge in [-0.25, -0.2) is 4.98 Å². The minimum atomic E-state index is -0.259. The number of para-hydroxylation sites is 2. The molecule has 0 aliphatic carbocycles. The second-order valence-corrected chi connectivity index (χ2v) is 5.69. The molecule has 3 aromatic rings. The summed E-state index contributed by atoms with van der Waals surface area (Å²) in [5.74, 6) is 0.500. The van der Waals surface area contributed by atoms with Crippen molar-refractivity contribution in [2.45, 2.75) is 32.7 Å². The van der Waals surface area contributed by atoms with E-state index in [1.54, 1.807) is 0 Å². The number of aromatic nitrogens is 3. The van der Waals surface area contributed by atoms with Gasteiger partial charge in [-0.15, -0.1) is 0 Å². The number of aryl methyl sites for hydroxylation is 2. The molecule has 0 saturated heterocycles. The largest absolute Gasteiger partial charge is 0.438 e. The van der Waals surface area contributed by atoms with Crippen LogP contribution < -0.4 is 5.32 Å². The van der Waals surface area contributed by atoms with E-state index in [0.29, 0.717) is 18.7 Å². The lowest BCUT2D eigenvalue weighted by Crippen LogP contribution is -2.27. The van der Waals surface area contributed by atoms with Crippen LogP contribution in [0.4, 0.5) is 0 Å². The molecule has 0 aliphatic heterocycles. The SMILES string of the molecule is Cc1c(CCC(=O)NC(C)c2nc3ccccc3o2)cnn1C. The molecular formula is C17H20N4O2. The molecule has 23 heavy (non-hydrogen) atoms. The van der Waals surface area contributed by atoms with Crippen LogP contribution >= 0.6 is 0 Å². The van der Waals surface area contributed by atoms with Crippen molar-refractivity contribution in [2.24, 2.45) is 7.05 Å². The molecule has 1 atom stereocenters. The van der Waals surface area contributed by atoms with Gasteiger partial charge in [-0.05, 0) is 38.0 Å². The number of nitrogens with one attached hydrogen (secondary N) is 1. The smallest absolute Gasteiger partial charge is 0.220 e. The third-order valence-corrected chi connectivity index (χ3v) is 4.02. The van der Waals surface area contributed by atoms with Crippen LogP contribution in [0.15, 0.2) is 34.9 Å². The Morgan fingerprint density at radius 1 is 1.39 bits per heavy atom.